The van der Waals surface area contributed by atoms with Gasteiger partial charge in [-0.2, -0.15) is 0 Å². The van der Waals surface area contributed by atoms with Crippen LogP contribution in [-0.2, 0) is 4.79 Å². The van der Waals surface area contributed by atoms with Crippen molar-refractivity contribution < 1.29 is 4.79 Å². The van der Waals surface area contributed by atoms with Crippen LogP contribution in [-0.4, -0.2) is 35.5 Å². The molecule has 0 aromatic carbocycles. The van der Waals surface area contributed by atoms with Crippen LogP contribution in [0.1, 0.15) is 46.5 Å². The van der Waals surface area contributed by atoms with E-state index >= 15 is 0 Å². The lowest BCUT2D eigenvalue weighted by atomic mass is 9.83. The number of fused-ring (bicyclic) bond motifs is 2. The Hall–Kier alpha value is -0.570. The molecule has 2 bridgehead atoms. The minimum Gasteiger partial charge on any atom is -0.339 e. The van der Waals surface area contributed by atoms with Gasteiger partial charge >= 0.3 is 0 Å². The van der Waals surface area contributed by atoms with Crippen LogP contribution < -0.4 is 5.32 Å². The third-order valence-corrected chi connectivity index (χ3v) is 5.50. The van der Waals surface area contributed by atoms with Gasteiger partial charge in [0.2, 0.25) is 5.91 Å². The van der Waals surface area contributed by atoms with Crippen molar-refractivity contribution in [1.82, 2.24) is 10.2 Å². The Bertz CT molecular complexity index is 343. The number of nitrogens with one attached hydrogen (secondary N) is 1. The lowest BCUT2D eigenvalue weighted by molar-refractivity contribution is -0.142. The fraction of sp³-hybridized carbons (Fsp3) is 0.933. The largest absolute Gasteiger partial charge is 0.339 e. The van der Waals surface area contributed by atoms with E-state index in [1.165, 1.54) is 19.3 Å². The van der Waals surface area contributed by atoms with Crippen LogP contribution in [0.2, 0.25) is 0 Å². The van der Waals surface area contributed by atoms with Gasteiger partial charge in [-0.3, -0.25) is 4.79 Å². The summed E-state index contributed by atoms with van der Waals surface area (Å²) in [5.41, 5.74) is 0. The molecule has 1 amide bonds. The maximum absolute atomic E-state index is 12.8. The van der Waals surface area contributed by atoms with Crippen molar-refractivity contribution in [3.05, 3.63) is 0 Å². The first-order chi connectivity index (χ1) is 8.56. The zero-order chi connectivity index (χ0) is 12.9. The minimum absolute atomic E-state index is 0.267. The summed E-state index contributed by atoms with van der Waals surface area (Å²) < 4.78 is 0. The summed E-state index contributed by atoms with van der Waals surface area (Å²) in [5.74, 6) is 2.00. The molecule has 6 unspecified atom stereocenters. The van der Waals surface area contributed by atoms with Crippen LogP contribution in [0.5, 0.6) is 0 Å². The molecule has 3 heteroatoms. The Morgan fingerprint density at radius 2 is 1.94 bits per heavy atom. The molecule has 3 fully saturated rings. The molecular weight excluding hydrogens is 224 g/mol. The van der Waals surface area contributed by atoms with Crippen molar-refractivity contribution in [2.24, 2.45) is 17.8 Å². The van der Waals surface area contributed by atoms with Gasteiger partial charge in [-0.25, -0.2) is 0 Å². The van der Waals surface area contributed by atoms with E-state index in [1.54, 1.807) is 0 Å². The highest BCUT2D eigenvalue weighted by Crippen LogP contribution is 2.36. The van der Waals surface area contributed by atoms with E-state index in [9.17, 15) is 4.79 Å². The molecule has 3 aliphatic heterocycles. The molecule has 0 spiro atoms. The van der Waals surface area contributed by atoms with Crippen LogP contribution in [0.3, 0.4) is 0 Å². The number of nitrogens with zero attached hydrogens (tertiary/aromatic N) is 1. The zero-order valence-electron chi connectivity index (χ0n) is 11.9. The first-order valence-electron chi connectivity index (χ1n) is 7.62. The van der Waals surface area contributed by atoms with Gasteiger partial charge in [-0.1, -0.05) is 13.8 Å². The summed E-state index contributed by atoms with van der Waals surface area (Å²) in [6, 6.07) is 1.52. The maximum atomic E-state index is 12.8. The zero-order valence-corrected chi connectivity index (χ0v) is 11.9. The number of carbonyl (C=O) groups excluding carboxylic acids is 1. The first kappa shape index (κ1) is 12.5. The van der Waals surface area contributed by atoms with E-state index in [1.807, 2.05) is 0 Å². The number of hydrogen-bond donors (Lipinski definition) is 1. The van der Waals surface area contributed by atoms with Crippen LogP contribution in [0.15, 0.2) is 0 Å². The van der Waals surface area contributed by atoms with Gasteiger partial charge in [-0.15, -0.1) is 0 Å². The van der Waals surface area contributed by atoms with Gasteiger partial charge in [0, 0.05) is 24.7 Å². The third-order valence-electron chi connectivity index (χ3n) is 5.50. The Morgan fingerprint density at radius 3 is 2.56 bits per heavy atom. The molecule has 3 aliphatic rings. The van der Waals surface area contributed by atoms with Crippen LogP contribution in [0, 0.1) is 17.8 Å². The second kappa shape index (κ2) is 4.52. The van der Waals surface area contributed by atoms with Crippen molar-refractivity contribution in [1.29, 1.82) is 0 Å². The molecule has 0 saturated carbocycles. The van der Waals surface area contributed by atoms with Gasteiger partial charge in [0.05, 0.1) is 5.92 Å². The number of rotatable bonds is 1. The summed E-state index contributed by atoms with van der Waals surface area (Å²) >= 11 is 0. The first-order valence-corrected chi connectivity index (χ1v) is 7.62. The predicted molar refractivity (Wildman–Crippen MR) is 72.2 cm³/mol. The quantitative estimate of drug-likeness (QED) is 0.772. The molecule has 3 rings (SSSR count). The Kier molecular flexibility index (Phi) is 3.13. The third kappa shape index (κ3) is 1.97. The molecular formula is C15H26N2O. The van der Waals surface area contributed by atoms with Crippen LogP contribution >= 0.6 is 0 Å². The summed E-state index contributed by atoms with van der Waals surface area (Å²) in [6.45, 7) is 7.77. The van der Waals surface area contributed by atoms with E-state index < -0.39 is 0 Å². The van der Waals surface area contributed by atoms with E-state index in [4.69, 9.17) is 0 Å². The van der Waals surface area contributed by atoms with Crippen molar-refractivity contribution in [2.75, 3.05) is 6.54 Å². The molecule has 102 valence electrons. The molecule has 3 nitrogen and oxygen atoms in total. The number of carbonyl (C=O) groups is 1. The molecule has 18 heavy (non-hydrogen) atoms. The number of amides is 1. The monoisotopic (exact) mass is 250 g/mol. The topological polar surface area (TPSA) is 32.3 Å². The van der Waals surface area contributed by atoms with Crippen LogP contribution in [0.4, 0.5) is 0 Å². The highest BCUT2D eigenvalue weighted by atomic mass is 16.2. The lowest BCUT2D eigenvalue weighted by Gasteiger charge is -2.43. The Morgan fingerprint density at radius 1 is 1.17 bits per heavy atom. The normalized spacial score (nSPS) is 47.6. The molecule has 3 heterocycles. The highest BCUT2D eigenvalue weighted by molar-refractivity contribution is 5.80. The summed E-state index contributed by atoms with van der Waals surface area (Å²) in [5, 5.41) is 3.59. The Labute approximate surface area is 110 Å². The fourth-order valence-electron chi connectivity index (χ4n) is 4.32. The lowest BCUT2D eigenvalue weighted by Crippen LogP contribution is -2.52. The number of hydrogen-bond acceptors (Lipinski definition) is 2. The smallest absolute Gasteiger partial charge is 0.227 e. The fourth-order valence-corrected chi connectivity index (χ4v) is 4.32. The van der Waals surface area contributed by atoms with Gasteiger partial charge in [0.15, 0.2) is 0 Å². The second-order valence-electron chi connectivity index (χ2n) is 6.94. The molecule has 6 atom stereocenters. The molecule has 3 saturated heterocycles. The van der Waals surface area contributed by atoms with Gasteiger partial charge < -0.3 is 10.2 Å². The molecule has 1 N–H and O–H groups in total. The highest BCUT2D eigenvalue weighted by Gasteiger charge is 2.45. The number of likely N-dealkylation sites (tertiary alicyclic amines) is 1. The second-order valence-corrected chi connectivity index (χ2v) is 6.94. The van der Waals surface area contributed by atoms with Gasteiger partial charge in [-0.05, 0) is 44.4 Å². The molecule has 0 aliphatic carbocycles. The standard InChI is InChI=1S/C15H26N2O/c1-9-6-10(2)11(3)17(8-9)15(18)13-7-12-4-5-14(13)16-12/h9-14,16H,4-8H2,1-3H3. The van der Waals surface area contributed by atoms with Gasteiger partial charge in [0.25, 0.3) is 0 Å². The molecule has 0 aromatic heterocycles. The molecule has 0 aromatic rings. The SMILES string of the molecule is CC1CC(C)C(C)N(C(=O)C2CC3CCC2N3)C1. The average Bonchev–Trinajstić information content (AvgIpc) is 2.94. The average molecular weight is 250 g/mol. The van der Waals surface area contributed by atoms with Crippen molar-refractivity contribution in [2.45, 2.75) is 64.6 Å². The van der Waals surface area contributed by atoms with Gasteiger partial charge in [0.1, 0.15) is 0 Å². The Balaban J connectivity index is 1.71. The van der Waals surface area contributed by atoms with E-state index in [0.29, 0.717) is 35.9 Å². The summed E-state index contributed by atoms with van der Waals surface area (Å²) in [4.78, 5) is 15.0. The minimum atomic E-state index is 0.267. The van der Waals surface area contributed by atoms with E-state index in [0.717, 1.165) is 13.0 Å². The van der Waals surface area contributed by atoms with Crippen LogP contribution in [0.25, 0.3) is 0 Å². The maximum Gasteiger partial charge on any atom is 0.227 e. The van der Waals surface area contributed by atoms with E-state index in [-0.39, 0.29) is 5.92 Å². The summed E-state index contributed by atoms with van der Waals surface area (Å²) in [6.07, 6.45) is 4.82. The number of piperidine rings is 1. The van der Waals surface area contributed by atoms with Crippen molar-refractivity contribution in [3.63, 3.8) is 0 Å². The summed E-state index contributed by atoms with van der Waals surface area (Å²) in [7, 11) is 0. The van der Waals surface area contributed by atoms with Crippen molar-refractivity contribution >= 4 is 5.91 Å². The van der Waals surface area contributed by atoms with Crippen molar-refractivity contribution in [3.8, 4) is 0 Å². The molecule has 0 radical (unpaired) electrons. The van der Waals surface area contributed by atoms with E-state index in [2.05, 4.69) is 31.0 Å². The predicted octanol–water partition coefficient (Wildman–Crippen LogP) is 2.02.